The Morgan fingerprint density at radius 2 is 1.81 bits per heavy atom. The van der Waals surface area contributed by atoms with Crippen LogP contribution in [0.15, 0.2) is 54.6 Å². The van der Waals surface area contributed by atoms with Crippen molar-refractivity contribution in [1.82, 2.24) is 4.90 Å². The van der Waals surface area contributed by atoms with Crippen LogP contribution in [0.2, 0.25) is 0 Å². The van der Waals surface area contributed by atoms with Crippen molar-refractivity contribution in [2.75, 3.05) is 18.1 Å². The van der Waals surface area contributed by atoms with Crippen LogP contribution in [0.4, 0.5) is 11.4 Å². The van der Waals surface area contributed by atoms with Gasteiger partial charge < -0.3 is 9.64 Å². The fraction of sp³-hybridized carbons (Fsp3) is 0.370. The molecule has 0 unspecified atom stereocenters. The molecule has 0 radical (unpaired) electrons. The van der Waals surface area contributed by atoms with Crippen molar-refractivity contribution in [2.45, 2.75) is 38.0 Å². The molecule has 3 fully saturated rings. The molecule has 0 aliphatic carbocycles. The van der Waals surface area contributed by atoms with Crippen molar-refractivity contribution in [3.8, 4) is 0 Å². The van der Waals surface area contributed by atoms with Crippen LogP contribution in [0.5, 0.6) is 0 Å². The number of likely N-dealkylation sites (tertiary alicyclic amines) is 1. The fourth-order valence-electron chi connectivity index (χ4n) is 6.25. The molecule has 36 heavy (non-hydrogen) atoms. The van der Waals surface area contributed by atoms with Crippen molar-refractivity contribution < 1.29 is 24.0 Å². The SMILES string of the molecule is CC1=C[C@@H]2[C@H]3C(=O)N(C[C@@H]4CCCO4)C(=O)[C@H]3[C@@H](C(=O)c3ccc([N+](=O)[O-])cc3)N2c2ccccc21. The van der Waals surface area contributed by atoms with Gasteiger partial charge in [0.1, 0.15) is 6.04 Å². The van der Waals surface area contributed by atoms with Gasteiger partial charge in [0.2, 0.25) is 11.8 Å². The van der Waals surface area contributed by atoms with Crippen molar-refractivity contribution >= 4 is 34.5 Å². The number of rotatable bonds is 5. The van der Waals surface area contributed by atoms with E-state index in [-0.39, 0.29) is 41.5 Å². The number of anilines is 1. The van der Waals surface area contributed by atoms with Crippen LogP contribution in [0, 0.1) is 22.0 Å². The number of Topliss-reactive ketones (excluding diaryl/α,β-unsaturated/α-hetero) is 1. The molecular formula is C27H25N3O6. The average Bonchev–Trinajstić information content (AvgIpc) is 3.57. The Morgan fingerprint density at radius 1 is 1.08 bits per heavy atom. The van der Waals surface area contributed by atoms with Gasteiger partial charge in [0, 0.05) is 35.6 Å². The molecule has 9 nitrogen and oxygen atoms in total. The van der Waals surface area contributed by atoms with Crippen molar-refractivity contribution in [1.29, 1.82) is 0 Å². The zero-order valence-electron chi connectivity index (χ0n) is 19.7. The second-order valence-electron chi connectivity index (χ2n) is 9.85. The molecule has 2 aromatic carbocycles. The quantitative estimate of drug-likeness (QED) is 0.276. The Balaban J connectivity index is 1.44. The van der Waals surface area contributed by atoms with E-state index in [1.807, 2.05) is 42.2 Å². The second kappa shape index (κ2) is 8.37. The van der Waals surface area contributed by atoms with E-state index >= 15 is 0 Å². The Labute approximate surface area is 207 Å². The summed E-state index contributed by atoms with van der Waals surface area (Å²) in [4.78, 5) is 55.2. The number of nitrogens with zero attached hydrogens (tertiary/aromatic N) is 3. The first kappa shape index (κ1) is 22.6. The molecule has 4 aliphatic heterocycles. The average molecular weight is 488 g/mol. The highest BCUT2D eigenvalue weighted by Gasteiger charge is 2.64. The number of carbonyl (C=O) groups excluding carboxylic acids is 3. The largest absolute Gasteiger partial charge is 0.376 e. The predicted molar refractivity (Wildman–Crippen MR) is 130 cm³/mol. The number of hydrogen-bond donors (Lipinski definition) is 0. The third-order valence-corrected chi connectivity index (χ3v) is 7.89. The van der Waals surface area contributed by atoms with Gasteiger partial charge in [-0.1, -0.05) is 24.3 Å². The summed E-state index contributed by atoms with van der Waals surface area (Å²) in [5.41, 5.74) is 2.90. The number of benzene rings is 2. The molecule has 0 bridgehead atoms. The smallest absolute Gasteiger partial charge is 0.269 e. The Kier molecular flexibility index (Phi) is 5.26. The summed E-state index contributed by atoms with van der Waals surface area (Å²) >= 11 is 0. The molecule has 3 saturated heterocycles. The predicted octanol–water partition coefficient (Wildman–Crippen LogP) is 3.23. The van der Waals surface area contributed by atoms with Crippen molar-refractivity contribution in [2.24, 2.45) is 11.8 Å². The maximum atomic E-state index is 14.0. The van der Waals surface area contributed by atoms with Gasteiger partial charge in [0.25, 0.3) is 5.69 Å². The lowest BCUT2D eigenvalue weighted by molar-refractivity contribution is -0.384. The van der Waals surface area contributed by atoms with E-state index in [9.17, 15) is 24.5 Å². The first-order valence-electron chi connectivity index (χ1n) is 12.2. The lowest BCUT2D eigenvalue weighted by Gasteiger charge is -2.38. The molecule has 2 amide bonds. The number of non-ortho nitro benzene ring substituents is 1. The minimum atomic E-state index is -0.905. The highest BCUT2D eigenvalue weighted by Crippen LogP contribution is 2.50. The van der Waals surface area contributed by atoms with E-state index in [2.05, 4.69) is 0 Å². The molecule has 0 spiro atoms. The summed E-state index contributed by atoms with van der Waals surface area (Å²) in [6, 6.07) is 11.7. The highest BCUT2D eigenvalue weighted by atomic mass is 16.6. The molecule has 0 saturated carbocycles. The van der Waals surface area contributed by atoms with E-state index < -0.39 is 28.8 Å². The summed E-state index contributed by atoms with van der Waals surface area (Å²) in [6.45, 7) is 2.79. The van der Waals surface area contributed by atoms with Gasteiger partial charge in [-0.05, 0) is 43.5 Å². The number of ketones is 1. The number of para-hydroxylation sites is 1. The molecule has 0 aromatic heterocycles. The molecule has 4 heterocycles. The first-order chi connectivity index (χ1) is 17.4. The van der Waals surface area contributed by atoms with Crippen molar-refractivity contribution in [3.05, 3.63) is 75.8 Å². The minimum Gasteiger partial charge on any atom is -0.376 e. The molecule has 4 aliphatic rings. The van der Waals surface area contributed by atoms with Gasteiger partial charge in [0.05, 0.1) is 35.4 Å². The number of nitro benzene ring substituents is 1. The van der Waals surface area contributed by atoms with Crippen LogP contribution in [0.25, 0.3) is 5.57 Å². The van der Waals surface area contributed by atoms with Crippen LogP contribution in [-0.4, -0.2) is 58.8 Å². The van der Waals surface area contributed by atoms with E-state index in [1.165, 1.54) is 29.2 Å². The molecule has 6 rings (SSSR count). The number of fused-ring (bicyclic) bond motifs is 5. The summed E-state index contributed by atoms with van der Waals surface area (Å²) in [6.07, 6.45) is 3.49. The number of imide groups is 1. The van der Waals surface area contributed by atoms with Gasteiger partial charge >= 0.3 is 0 Å². The van der Waals surface area contributed by atoms with Crippen LogP contribution in [0.3, 0.4) is 0 Å². The van der Waals surface area contributed by atoms with E-state index in [4.69, 9.17) is 4.74 Å². The van der Waals surface area contributed by atoms with Gasteiger partial charge in [-0.25, -0.2) is 0 Å². The Hall–Kier alpha value is -3.85. The first-order valence-corrected chi connectivity index (χ1v) is 12.2. The molecular weight excluding hydrogens is 462 g/mol. The van der Waals surface area contributed by atoms with Crippen LogP contribution >= 0.6 is 0 Å². The maximum Gasteiger partial charge on any atom is 0.269 e. The number of hydrogen-bond acceptors (Lipinski definition) is 7. The maximum absolute atomic E-state index is 14.0. The van der Waals surface area contributed by atoms with Gasteiger partial charge in [-0.2, -0.15) is 0 Å². The Morgan fingerprint density at radius 3 is 2.50 bits per heavy atom. The molecule has 5 atom stereocenters. The number of amides is 2. The lowest BCUT2D eigenvalue weighted by Crippen LogP contribution is -2.49. The summed E-state index contributed by atoms with van der Waals surface area (Å²) < 4.78 is 5.69. The normalized spacial score (nSPS) is 28.6. The molecule has 184 valence electrons. The summed E-state index contributed by atoms with van der Waals surface area (Å²) in [5, 5.41) is 11.1. The number of nitro groups is 1. The van der Waals surface area contributed by atoms with E-state index in [1.54, 1.807) is 0 Å². The van der Waals surface area contributed by atoms with Gasteiger partial charge in [-0.3, -0.25) is 29.4 Å². The van der Waals surface area contributed by atoms with Gasteiger partial charge in [0.15, 0.2) is 5.78 Å². The Bertz CT molecular complexity index is 1310. The third kappa shape index (κ3) is 3.30. The third-order valence-electron chi connectivity index (χ3n) is 7.89. The van der Waals surface area contributed by atoms with Crippen molar-refractivity contribution in [3.63, 3.8) is 0 Å². The van der Waals surface area contributed by atoms with Crippen LogP contribution in [-0.2, 0) is 14.3 Å². The topological polar surface area (TPSA) is 110 Å². The standard InChI is InChI=1S/C27H25N3O6/c1-15-13-21-22-23(27(33)28(26(22)32)14-18-5-4-12-36-18)24(29(21)20-7-3-2-6-19(15)20)25(31)16-8-10-17(11-9-16)30(34)35/h2-3,6-11,13,18,21-24H,4-5,12,14H2,1H3/t18-,21+,22+,23+,24-/m0/s1. The zero-order chi connectivity index (χ0) is 25.1. The molecule has 2 aromatic rings. The molecule has 0 N–H and O–H groups in total. The highest BCUT2D eigenvalue weighted by molar-refractivity contribution is 6.14. The zero-order valence-corrected chi connectivity index (χ0v) is 19.7. The summed E-state index contributed by atoms with van der Waals surface area (Å²) in [5.74, 6) is -2.47. The van der Waals surface area contributed by atoms with Gasteiger partial charge in [-0.15, -0.1) is 0 Å². The number of ether oxygens (including phenoxy) is 1. The lowest BCUT2D eigenvalue weighted by atomic mass is 9.85. The van der Waals surface area contributed by atoms with Crippen LogP contribution < -0.4 is 4.90 Å². The van der Waals surface area contributed by atoms with E-state index in [0.717, 1.165) is 29.7 Å². The number of carbonyl (C=O) groups is 3. The molecule has 9 heteroatoms. The monoisotopic (exact) mass is 487 g/mol. The minimum absolute atomic E-state index is 0.120. The second-order valence-corrected chi connectivity index (χ2v) is 9.85. The van der Waals surface area contributed by atoms with Crippen LogP contribution in [0.1, 0.15) is 35.7 Å². The van der Waals surface area contributed by atoms with E-state index in [0.29, 0.717) is 6.61 Å². The fourth-order valence-corrected chi connectivity index (χ4v) is 6.25. The summed E-state index contributed by atoms with van der Waals surface area (Å²) in [7, 11) is 0. The number of allylic oxidation sites excluding steroid dienone is 1.